The van der Waals surface area contributed by atoms with E-state index < -0.39 is 0 Å². The van der Waals surface area contributed by atoms with Crippen molar-refractivity contribution in [2.45, 2.75) is 156 Å². The number of hydrogen-bond donors (Lipinski definition) is 0. The minimum atomic E-state index is 0.662. The monoisotopic (exact) mass is 665 g/mol. The maximum absolute atomic E-state index is 6.27. The molecule has 0 aliphatic heterocycles. The molecule has 0 bridgehead atoms. The largest absolute Gasteiger partial charge is 0.377 e. The van der Waals surface area contributed by atoms with Crippen LogP contribution in [0.4, 0.5) is 0 Å². The van der Waals surface area contributed by atoms with Gasteiger partial charge in [-0.2, -0.15) is 0 Å². The molecule has 4 heteroatoms. The highest BCUT2D eigenvalue weighted by molar-refractivity contribution is 5.70. The summed E-state index contributed by atoms with van der Waals surface area (Å²) in [6.45, 7) is 19.6. The lowest BCUT2D eigenvalue weighted by molar-refractivity contribution is 0.113. The topological polar surface area (TPSA) is 24.9 Å². The number of hydrogen-bond acceptors (Lipinski definition) is 4. The summed E-state index contributed by atoms with van der Waals surface area (Å²) < 4.78 is 12.5. The molecule has 4 nitrogen and oxygen atoms in total. The molecule has 0 N–H and O–H groups in total. The predicted octanol–water partition coefficient (Wildman–Crippen LogP) is 12.1. The van der Waals surface area contributed by atoms with Gasteiger partial charge in [0.15, 0.2) is 0 Å². The average molecular weight is 665 g/mol. The van der Waals surface area contributed by atoms with Gasteiger partial charge in [-0.3, -0.25) is 0 Å². The number of rotatable bonds is 33. The van der Waals surface area contributed by atoms with Crippen molar-refractivity contribution in [1.82, 2.24) is 9.80 Å². The minimum absolute atomic E-state index is 0.662. The maximum Gasteiger partial charge on any atom is 0.0722 e. The van der Waals surface area contributed by atoms with Crippen LogP contribution in [0.25, 0.3) is 11.1 Å². The zero-order chi connectivity index (χ0) is 34.3. The SMILES string of the molecule is CCCCCCN(CCCCC)CCCCOCc1ccccc1-c1ccccc1COCCCCN(CCCCC)CCCCCC. The molecule has 0 saturated heterocycles. The summed E-state index contributed by atoms with van der Waals surface area (Å²) in [5, 5.41) is 0. The number of benzene rings is 2. The zero-order valence-electron chi connectivity index (χ0n) is 32.1. The average Bonchev–Trinajstić information content (AvgIpc) is 3.11. The number of nitrogens with zero attached hydrogens (tertiary/aromatic N) is 2. The number of unbranched alkanes of at least 4 members (excludes halogenated alkanes) is 12. The Bertz CT molecular complexity index is 916. The molecule has 0 heterocycles. The van der Waals surface area contributed by atoms with Crippen LogP contribution in [0.15, 0.2) is 48.5 Å². The molecular formula is C44H76N2O2. The van der Waals surface area contributed by atoms with Crippen molar-refractivity contribution in [2.24, 2.45) is 0 Å². The van der Waals surface area contributed by atoms with Crippen molar-refractivity contribution in [3.63, 3.8) is 0 Å². The second-order valence-electron chi connectivity index (χ2n) is 14.1. The summed E-state index contributed by atoms with van der Waals surface area (Å²) in [7, 11) is 0. The summed E-state index contributed by atoms with van der Waals surface area (Å²) in [6, 6.07) is 17.5. The van der Waals surface area contributed by atoms with Gasteiger partial charge in [0, 0.05) is 13.2 Å². The van der Waals surface area contributed by atoms with E-state index in [2.05, 4.69) is 86.0 Å². The Balaban J connectivity index is 1.78. The lowest BCUT2D eigenvalue weighted by Crippen LogP contribution is -2.27. The van der Waals surface area contributed by atoms with Crippen LogP contribution >= 0.6 is 0 Å². The molecule has 2 rings (SSSR count). The molecule has 274 valence electrons. The van der Waals surface area contributed by atoms with Crippen LogP contribution in [-0.2, 0) is 22.7 Å². The molecule has 0 amide bonds. The highest BCUT2D eigenvalue weighted by atomic mass is 16.5. The van der Waals surface area contributed by atoms with Gasteiger partial charge in [-0.1, -0.05) is 140 Å². The molecule has 0 unspecified atom stereocenters. The van der Waals surface area contributed by atoms with Crippen LogP contribution < -0.4 is 0 Å². The first-order chi connectivity index (χ1) is 23.7. The lowest BCUT2D eigenvalue weighted by atomic mass is 9.96. The molecule has 0 aromatic heterocycles. The molecule has 0 spiro atoms. The van der Waals surface area contributed by atoms with Gasteiger partial charge in [-0.25, -0.2) is 0 Å². The molecule has 2 aromatic rings. The van der Waals surface area contributed by atoms with Gasteiger partial charge in [0.05, 0.1) is 13.2 Å². The van der Waals surface area contributed by atoms with Crippen molar-refractivity contribution in [1.29, 1.82) is 0 Å². The smallest absolute Gasteiger partial charge is 0.0722 e. The van der Waals surface area contributed by atoms with E-state index in [0.717, 1.165) is 26.1 Å². The highest BCUT2D eigenvalue weighted by Gasteiger charge is 2.11. The summed E-state index contributed by atoms with van der Waals surface area (Å²) in [5.41, 5.74) is 5.08. The van der Waals surface area contributed by atoms with E-state index in [4.69, 9.17) is 9.47 Å². The Labute approximate surface area is 298 Å². The van der Waals surface area contributed by atoms with E-state index in [9.17, 15) is 0 Å². The first kappa shape index (κ1) is 42.4. The molecule has 0 fully saturated rings. The van der Waals surface area contributed by atoms with E-state index in [1.54, 1.807) is 0 Å². The van der Waals surface area contributed by atoms with E-state index in [0.29, 0.717) is 13.2 Å². The molecule has 2 aromatic carbocycles. The molecule has 0 atom stereocenters. The lowest BCUT2D eigenvalue weighted by Gasteiger charge is -2.22. The van der Waals surface area contributed by atoms with Gasteiger partial charge < -0.3 is 19.3 Å². The van der Waals surface area contributed by atoms with Crippen LogP contribution in [0.5, 0.6) is 0 Å². The van der Waals surface area contributed by atoms with Gasteiger partial charge in [0.1, 0.15) is 0 Å². The van der Waals surface area contributed by atoms with Crippen molar-refractivity contribution >= 4 is 0 Å². The van der Waals surface area contributed by atoms with Gasteiger partial charge in [-0.15, -0.1) is 0 Å². The minimum Gasteiger partial charge on any atom is -0.377 e. The first-order valence-electron chi connectivity index (χ1n) is 20.5. The first-order valence-corrected chi connectivity index (χ1v) is 20.5. The van der Waals surface area contributed by atoms with E-state index >= 15 is 0 Å². The van der Waals surface area contributed by atoms with Gasteiger partial charge in [-0.05, 0) is 113 Å². The third kappa shape index (κ3) is 20.1. The highest BCUT2D eigenvalue weighted by Crippen LogP contribution is 2.28. The fourth-order valence-corrected chi connectivity index (χ4v) is 6.63. The fraction of sp³-hybridized carbons (Fsp3) is 0.727. The third-order valence-corrected chi connectivity index (χ3v) is 9.68. The summed E-state index contributed by atoms with van der Waals surface area (Å²) in [4.78, 5) is 5.41. The molecule has 48 heavy (non-hydrogen) atoms. The molecule has 0 aliphatic rings. The normalized spacial score (nSPS) is 11.7. The molecule has 0 aliphatic carbocycles. The van der Waals surface area contributed by atoms with Crippen LogP contribution in [0.3, 0.4) is 0 Å². The van der Waals surface area contributed by atoms with Crippen LogP contribution in [0, 0.1) is 0 Å². The number of ether oxygens (including phenoxy) is 2. The molecular weight excluding hydrogens is 588 g/mol. The summed E-state index contributed by atoms with van der Waals surface area (Å²) in [5.74, 6) is 0. The van der Waals surface area contributed by atoms with Crippen LogP contribution in [-0.4, -0.2) is 62.3 Å². The predicted molar refractivity (Wildman–Crippen MR) is 210 cm³/mol. The molecule has 0 saturated carbocycles. The van der Waals surface area contributed by atoms with Crippen molar-refractivity contribution in [3.05, 3.63) is 59.7 Å². The van der Waals surface area contributed by atoms with Crippen molar-refractivity contribution in [3.8, 4) is 11.1 Å². The van der Waals surface area contributed by atoms with E-state index in [1.165, 1.54) is 164 Å². The second-order valence-corrected chi connectivity index (χ2v) is 14.1. The van der Waals surface area contributed by atoms with Crippen LogP contribution in [0.1, 0.15) is 154 Å². The van der Waals surface area contributed by atoms with Gasteiger partial charge in [0.2, 0.25) is 0 Å². The Hall–Kier alpha value is -1.72. The van der Waals surface area contributed by atoms with E-state index in [-0.39, 0.29) is 0 Å². The fourth-order valence-electron chi connectivity index (χ4n) is 6.63. The second kappa shape index (κ2) is 30.1. The molecule has 0 radical (unpaired) electrons. The van der Waals surface area contributed by atoms with Crippen LogP contribution in [0.2, 0.25) is 0 Å². The third-order valence-electron chi connectivity index (χ3n) is 9.68. The Morgan fingerprint density at radius 1 is 0.375 bits per heavy atom. The summed E-state index contributed by atoms with van der Waals surface area (Å²) >= 11 is 0. The van der Waals surface area contributed by atoms with Crippen molar-refractivity contribution in [2.75, 3.05) is 52.5 Å². The Morgan fingerprint density at radius 3 is 1.06 bits per heavy atom. The summed E-state index contributed by atoms with van der Waals surface area (Å²) in [6.07, 6.45) is 23.4. The Morgan fingerprint density at radius 2 is 0.688 bits per heavy atom. The van der Waals surface area contributed by atoms with Gasteiger partial charge >= 0.3 is 0 Å². The maximum atomic E-state index is 6.27. The van der Waals surface area contributed by atoms with Crippen molar-refractivity contribution < 1.29 is 9.47 Å². The quantitative estimate of drug-likeness (QED) is 0.0709. The van der Waals surface area contributed by atoms with E-state index in [1.807, 2.05) is 0 Å². The Kier molecular flexibility index (Phi) is 26.6. The van der Waals surface area contributed by atoms with Gasteiger partial charge in [0.25, 0.3) is 0 Å². The zero-order valence-corrected chi connectivity index (χ0v) is 32.1. The standard InChI is InChI=1S/C44H76N2O2/c1-5-9-13-21-33-45(31-19-11-7-3)35-23-25-37-47-39-41-27-15-17-29-43(41)44-30-18-16-28-42(44)40-48-38-26-24-36-46(32-20-12-8-4)34-22-14-10-6-2/h15-18,27-30H,5-14,19-26,31-40H2,1-4H3.